The monoisotopic (exact) mass is 458 g/mol. The molecule has 3 heterocycles. The molecule has 2 aromatic heterocycles. The molecule has 1 fully saturated rings. The second-order valence-electron chi connectivity index (χ2n) is 8.99. The van der Waals surface area contributed by atoms with Crippen molar-refractivity contribution in [1.82, 2.24) is 20.3 Å². The molecule has 2 aliphatic rings. The third-order valence-electron chi connectivity index (χ3n) is 7.03. The molecule has 2 atom stereocenters. The Bertz CT molecular complexity index is 1630. The summed E-state index contributed by atoms with van der Waals surface area (Å²) in [5.74, 6) is 0.665. The first kappa shape index (κ1) is 19.9. The van der Waals surface area contributed by atoms with Crippen molar-refractivity contribution in [2.45, 2.75) is 24.9 Å². The normalized spacial score (nSPS) is 20.6. The number of pyridine rings is 1. The highest BCUT2D eigenvalue weighted by molar-refractivity contribution is 6.18. The zero-order chi connectivity index (χ0) is 23.4. The lowest BCUT2D eigenvalue weighted by atomic mass is 10.00. The molecule has 1 aliphatic carbocycles. The Kier molecular flexibility index (Phi) is 4.42. The van der Waals surface area contributed by atoms with E-state index < -0.39 is 6.04 Å². The molecule has 0 bridgehead atoms. The average Bonchev–Trinajstić information content (AvgIpc) is 3.61. The van der Waals surface area contributed by atoms with Crippen molar-refractivity contribution in [2.24, 2.45) is 4.99 Å². The quantitative estimate of drug-likeness (QED) is 0.376. The number of carbonyl (C=O) groups excluding carboxylic acids is 1. The van der Waals surface area contributed by atoms with Crippen molar-refractivity contribution in [2.75, 3.05) is 4.90 Å². The number of anilines is 1. The number of nitrogens with zero attached hydrogens (tertiary/aromatic N) is 4. The van der Waals surface area contributed by atoms with Crippen LogP contribution in [0.1, 0.15) is 35.2 Å². The van der Waals surface area contributed by atoms with Crippen LogP contribution in [0.5, 0.6) is 0 Å². The van der Waals surface area contributed by atoms with Crippen LogP contribution in [0, 0.1) is 0 Å². The van der Waals surface area contributed by atoms with Crippen LogP contribution in [-0.4, -0.2) is 26.8 Å². The van der Waals surface area contributed by atoms with Gasteiger partial charge < -0.3 is 4.98 Å². The molecule has 7 rings (SSSR count). The Morgan fingerprint density at radius 1 is 0.914 bits per heavy atom. The van der Waals surface area contributed by atoms with Crippen molar-refractivity contribution >= 4 is 39.5 Å². The van der Waals surface area contributed by atoms with E-state index in [0.29, 0.717) is 5.84 Å². The molecule has 2 amide bonds. The van der Waals surface area contributed by atoms with E-state index >= 15 is 0 Å². The Morgan fingerprint density at radius 2 is 1.80 bits per heavy atom. The van der Waals surface area contributed by atoms with Gasteiger partial charge in [-0.15, -0.1) is 0 Å². The minimum atomic E-state index is -0.400. The van der Waals surface area contributed by atoms with E-state index in [0.717, 1.165) is 46.0 Å². The number of benzene rings is 3. The predicted octanol–water partition coefficient (Wildman–Crippen LogP) is 5.47. The molecule has 1 saturated heterocycles. The van der Waals surface area contributed by atoms with Crippen LogP contribution in [0.3, 0.4) is 0 Å². The number of aromatic nitrogens is 3. The number of imidazole rings is 1. The number of carbonyl (C=O) groups is 1. The summed E-state index contributed by atoms with van der Waals surface area (Å²) in [7, 11) is 0. The van der Waals surface area contributed by atoms with Crippen LogP contribution < -0.4 is 10.2 Å². The van der Waals surface area contributed by atoms with Gasteiger partial charge in [0, 0.05) is 17.3 Å². The van der Waals surface area contributed by atoms with Gasteiger partial charge in [-0.05, 0) is 59.9 Å². The number of nitrogens with one attached hydrogen (secondary N) is 2. The van der Waals surface area contributed by atoms with Gasteiger partial charge in [-0.2, -0.15) is 0 Å². The lowest BCUT2D eigenvalue weighted by Crippen LogP contribution is -2.29. The lowest BCUT2D eigenvalue weighted by molar-refractivity contribution is 0.252. The summed E-state index contributed by atoms with van der Waals surface area (Å²) in [6.07, 6.45) is 5.40. The SMILES string of the molecule is O=C1NC(=NC2CCc3ccccc32)C(c2ccnc3ccccc23)N1c1ccc2nc[nH]c2c1. The Balaban J connectivity index is 1.41. The highest BCUT2D eigenvalue weighted by Gasteiger charge is 2.40. The molecule has 7 nitrogen and oxygen atoms in total. The summed E-state index contributed by atoms with van der Waals surface area (Å²) in [6, 6.07) is 23.7. The molecule has 170 valence electrons. The molecule has 3 aromatic carbocycles. The summed E-state index contributed by atoms with van der Waals surface area (Å²) >= 11 is 0. The smallest absolute Gasteiger partial charge is 0.328 e. The van der Waals surface area contributed by atoms with Crippen molar-refractivity contribution in [3.63, 3.8) is 0 Å². The van der Waals surface area contributed by atoms with Gasteiger partial charge in [-0.1, -0.05) is 42.5 Å². The van der Waals surface area contributed by atoms with Crippen molar-refractivity contribution in [3.8, 4) is 0 Å². The van der Waals surface area contributed by atoms with Crippen LogP contribution >= 0.6 is 0 Å². The Hall–Kier alpha value is -4.52. The van der Waals surface area contributed by atoms with Gasteiger partial charge in [-0.25, -0.2) is 9.78 Å². The largest absolute Gasteiger partial charge is 0.345 e. The van der Waals surface area contributed by atoms with Crippen molar-refractivity contribution < 1.29 is 4.79 Å². The topological polar surface area (TPSA) is 86.3 Å². The number of urea groups is 1. The van der Waals surface area contributed by atoms with E-state index in [-0.39, 0.29) is 12.1 Å². The Labute approximate surface area is 201 Å². The van der Waals surface area contributed by atoms with E-state index in [1.54, 1.807) is 17.4 Å². The van der Waals surface area contributed by atoms with Gasteiger partial charge in [0.15, 0.2) is 0 Å². The number of hydrogen-bond acceptors (Lipinski definition) is 4. The maximum atomic E-state index is 13.5. The van der Waals surface area contributed by atoms with E-state index in [4.69, 9.17) is 4.99 Å². The molecule has 1 aliphatic heterocycles. The molecule has 7 heteroatoms. The van der Waals surface area contributed by atoms with E-state index in [1.807, 2.05) is 42.5 Å². The first-order valence-electron chi connectivity index (χ1n) is 11.8. The van der Waals surface area contributed by atoms with Crippen LogP contribution in [0.2, 0.25) is 0 Å². The number of hydrogen-bond donors (Lipinski definition) is 2. The third-order valence-corrected chi connectivity index (χ3v) is 7.03. The van der Waals surface area contributed by atoms with E-state index in [9.17, 15) is 4.79 Å². The second kappa shape index (κ2) is 7.77. The predicted molar refractivity (Wildman–Crippen MR) is 137 cm³/mol. The number of rotatable bonds is 3. The minimum absolute atomic E-state index is 0.0205. The number of aliphatic imine (C=N–C) groups is 1. The number of fused-ring (bicyclic) bond motifs is 3. The Morgan fingerprint density at radius 3 is 2.77 bits per heavy atom. The summed E-state index contributed by atoms with van der Waals surface area (Å²) < 4.78 is 0. The van der Waals surface area contributed by atoms with E-state index in [1.165, 1.54) is 11.1 Å². The lowest BCUT2D eigenvalue weighted by Gasteiger charge is -2.25. The first-order chi connectivity index (χ1) is 17.3. The highest BCUT2D eigenvalue weighted by Crippen LogP contribution is 2.39. The molecule has 0 saturated carbocycles. The molecule has 0 spiro atoms. The fraction of sp³-hybridized carbons (Fsp3) is 0.143. The average molecular weight is 459 g/mol. The molecular formula is C28H22N6O. The van der Waals surface area contributed by atoms with Crippen LogP contribution in [0.15, 0.2) is 90.3 Å². The number of amides is 2. The van der Waals surface area contributed by atoms with Gasteiger partial charge in [0.05, 0.1) is 28.9 Å². The van der Waals surface area contributed by atoms with Crippen molar-refractivity contribution in [3.05, 3.63) is 102 Å². The number of amidine groups is 1. The highest BCUT2D eigenvalue weighted by atomic mass is 16.2. The van der Waals surface area contributed by atoms with Crippen LogP contribution in [-0.2, 0) is 6.42 Å². The maximum Gasteiger partial charge on any atom is 0.328 e. The number of aryl methyl sites for hydroxylation is 1. The summed E-state index contributed by atoms with van der Waals surface area (Å²) in [6.45, 7) is 0. The molecule has 35 heavy (non-hydrogen) atoms. The van der Waals surface area contributed by atoms with Gasteiger partial charge in [0.25, 0.3) is 0 Å². The van der Waals surface area contributed by atoms with Gasteiger partial charge >= 0.3 is 6.03 Å². The summed E-state index contributed by atoms with van der Waals surface area (Å²) in [5, 5.41) is 4.11. The summed E-state index contributed by atoms with van der Waals surface area (Å²) in [4.78, 5) is 32.5. The second-order valence-corrected chi connectivity index (χ2v) is 8.99. The molecule has 2 N–H and O–H groups in total. The maximum absolute atomic E-state index is 13.5. The fourth-order valence-electron chi connectivity index (χ4n) is 5.40. The van der Waals surface area contributed by atoms with Gasteiger partial charge in [-0.3, -0.25) is 20.2 Å². The number of para-hydroxylation sites is 1. The minimum Gasteiger partial charge on any atom is -0.345 e. The van der Waals surface area contributed by atoms with Crippen LogP contribution in [0.4, 0.5) is 10.5 Å². The van der Waals surface area contributed by atoms with Gasteiger partial charge in [0.1, 0.15) is 11.9 Å². The standard InChI is InChI=1S/C28H22N6O/c35-28-33-27(32-23-11-9-17-5-1-2-6-19(17)23)26(21-13-14-29-22-8-4-3-7-20(21)22)34(28)18-10-12-24-25(15-18)31-16-30-24/h1-8,10,12-16,23,26H,9,11H2,(H,30,31)(H,32,33,35). The third kappa shape index (κ3) is 3.19. The first-order valence-corrected chi connectivity index (χ1v) is 11.8. The molecule has 2 unspecified atom stereocenters. The molecule has 0 radical (unpaired) electrons. The van der Waals surface area contributed by atoms with Crippen molar-refractivity contribution in [1.29, 1.82) is 0 Å². The number of H-pyrrole nitrogens is 1. The molecule has 5 aromatic rings. The van der Waals surface area contributed by atoms with E-state index in [2.05, 4.69) is 50.6 Å². The summed E-state index contributed by atoms with van der Waals surface area (Å²) in [5.41, 5.74) is 6.97. The zero-order valence-electron chi connectivity index (χ0n) is 18.8. The molecular weight excluding hydrogens is 436 g/mol. The van der Waals surface area contributed by atoms with Gasteiger partial charge in [0.2, 0.25) is 0 Å². The fourth-order valence-corrected chi connectivity index (χ4v) is 5.40. The van der Waals surface area contributed by atoms with Crippen LogP contribution in [0.25, 0.3) is 21.9 Å². The zero-order valence-corrected chi connectivity index (χ0v) is 18.8. The number of aromatic amines is 1.